The van der Waals surface area contributed by atoms with Gasteiger partial charge in [-0.3, -0.25) is 15.0 Å². The fourth-order valence-corrected chi connectivity index (χ4v) is 1.59. The topological polar surface area (TPSA) is 84.2 Å². The number of nitrogens with one attached hydrogen (secondary N) is 2. The van der Waals surface area contributed by atoms with Crippen LogP contribution in [0.25, 0.3) is 0 Å². The first kappa shape index (κ1) is 10.6. The largest absolute Gasteiger partial charge is 0.325 e. The monoisotopic (exact) mass is 219 g/mol. The minimum absolute atomic E-state index is 0.290. The molecular weight excluding hydrogens is 206 g/mol. The summed E-state index contributed by atoms with van der Waals surface area (Å²) in [7, 11) is 0. The van der Waals surface area contributed by atoms with E-state index >= 15 is 0 Å². The lowest BCUT2D eigenvalue weighted by molar-refractivity contribution is -0.134. The van der Waals surface area contributed by atoms with Crippen LogP contribution in [0.15, 0.2) is 30.3 Å². The van der Waals surface area contributed by atoms with Gasteiger partial charge in [0.25, 0.3) is 0 Å². The summed E-state index contributed by atoms with van der Waals surface area (Å²) in [5.41, 5.74) is 1.76. The molecule has 1 aliphatic rings. The molecule has 0 unspecified atom stereocenters. The predicted molar refractivity (Wildman–Crippen MR) is 59.1 cm³/mol. The van der Waals surface area contributed by atoms with Crippen LogP contribution >= 0.6 is 0 Å². The third-order valence-electron chi connectivity index (χ3n) is 2.78. The van der Waals surface area contributed by atoms with Gasteiger partial charge in [0.05, 0.1) is 0 Å². The normalized spacial score (nSPS) is 16.3. The van der Waals surface area contributed by atoms with Gasteiger partial charge in [-0.15, -0.1) is 0 Å². The van der Waals surface area contributed by atoms with Crippen molar-refractivity contribution in [1.29, 1.82) is 0 Å². The van der Waals surface area contributed by atoms with Crippen LogP contribution in [0, 0.1) is 5.41 Å². The Hall–Kier alpha value is -1.88. The number of para-hydroxylation sites is 1. The fourth-order valence-electron chi connectivity index (χ4n) is 1.59. The van der Waals surface area contributed by atoms with Crippen molar-refractivity contribution >= 4 is 17.5 Å². The highest BCUT2D eigenvalue weighted by Gasteiger charge is 2.56. The molecule has 2 rings (SSSR count). The van der Waals surface area contributed by atoms with Gasteiger partial charge in [0, 0.05) is 5.69 Å². The van der Waals surface area contributed by atoms with E-state index in [-0.39, 0.29) is 5.91 Å². The zero-order valence-corrected chi connectivity index (χ0v) is 8.69. The van der Waals surface area contributed by atoms with Gasteiger partial charge in [0.1, 0.15) is 5.41 Å². The van der Waals surface area contributed by atoms with Crippen molar-refractivity contribution in [3.63, 3.8) is 0 Å². The van der Waals surface area contributed by atoms with E-state index in [9.17, 15) is 9.59 Å². The third-order valence-corrected chi connectivity index (χ3v) is 2.78. The minimum Gasteiger partial charge on any atom is -0.325 e. The van der Waals surface area contributed by atoms with Crippen molar-refractivity contribution in [2.45, 2.75) is 12.8 Å². The first-order valence-electron chi connectivity index (χ1n) is 5.06. The van der Waals surface area contributed by atoms with Crippen molar-refractivity contribution in [3.05, 3.63) is 30.3 Å². The molecule has 1 aliphatic carbocycles. The number of anilines is 1. The molecule has 84 valence electrons. The van der Waals surface area contributed by atoms with Crippen molar-refractivity contribution in [1.82, 2.24) is 5.43 Å². The number of amides is 2. The molecule has 0 aliphatic heterocycles. The number of hydrogen-bond donors (Lipinski definition) is 3. The second-order valence-electron chi connectivity index (χ2n) is 3.88. The summed E-state index contributed by atoms with van der Waals surface area (Å²) in [5, 5.41) is 2.70. The third kappa shape index (κ3) is 1.77. The van der Waals surface area contributed by atoms with E-state index in [1.807, 2.05) is 23.6 Å². The summed E-state index contributed by atoms with van der Waals surface area (Å²) >= 11 is 0. The second kappa shape index (κ2) is 3.94. The van der Waals surface area contributed by atoms with Crippen molar-refractivity contribution in [3.8, 4) is 0 Å². The number of rotatable bonds is 3. The number of benzene rings is 1. The van der Waals surface area contributed by atoms with Crippen molar-refractivity contribution < 1.29 is 9.59 Å². The maximum absolute atomic E-state index is 11.9. The van der Waals surface area contributed by atoms with Crippen LogP contribution in [-0.4, -0.2) is 11.8 Å². The highest BCUT2D eigenvalue weighted by atomic mass is 16.2. The molecule has 0 bridgehead atoms. The van der Waals surface area contributed by atoms with Gasteiger partial charge < -0.3 is 5.32 Å². The molecule has 0 heterocycles. The Morgan fingerprint density at radius 2 is 1.75 bits per heavy atom. The quantitative estimate of drug-likeness (QED) is 0.297. The molecule has 16 heavy (non-hydrogen) atoms. The Kier molecular flexibility index (Phi) is 2.62. The lowest BCUT2D eigenvalue weighted by atomic mass is 10.1. The van der Waals surface area contributed by atoms with Crippen LogP contribution in [0.2, 0.25) is 0 Å². The summed E-state index contributed by atoms with van der Waals surface area (Å²) in [5.74, 6) is 4.34. The maximum atomic E-state index is 11.9. The van der Waals surface area contributed by atoms with E-state index in [4.69, 9.17) is 5.84 Å². The Morgan fingerprint density at radius 3 is 2.25 bits per heavy atom. The van der Waals surface area contributed by atoms with E-state index < -0.39 is 11.3 Å². The Balaban J connectivity index is 2.07. The Labute approximate surface area is 93.0 Å². The number of carbonyl (C=O) groups excluding carboxylic acids is 2. The summed E-state index contributed by atoms with van der Waals surface area (Å²) in [6.07, 6.45) is 1.10. The van der Waals surface area contributed by atoms with E-state index in [2.05, 4.69) is 5.32 Å². The number of nitrogens with two attached hydrogens (primary N) is 1. The molecule has 5 nitrogen and oxygen atoms in total. The lowest BCUT2D eigenvalue weighted by Crippen LogP contribution is -2.43. The first-order valence-corrected chi connectivity index (χ1v) is 5.06. The number of hydrogen-bond acceptors (Lipinski definition) is 3. The Bertz CT molecular complexity index is 412. The molecule has 5 heteroatoms. The molecular formula is C11H13N3O2. The van der Waals surface area contributed by atoms with Crippen molar-refractivity contribution in [2.75, 3.05) is 5.32 Å². The average Bonchev–Trinajstić information content (AvgIpc) is 3.10. The van der Waals surface area contributed by atoms with Crippen molar-refractivity contribution in [2.24, 2.45) is 11.3 Å². The van der Waals surface area contributed by atoms with Gasteiger partial charge in [-0.05, 0) is 25.0 Å². The molecule has 2 amide bonds. The standard InChI is InChI=1S/C11H13N3O2/c12-14-10(16)11(6-7-11)9(15)13-8-4-2-1-3-5-8/h1-5H,6-7,12H2,(H,13,15)(H,14,16). The fraction of sp³-hybridized carbons (Fsp3) is 0.273. The zero-order chi connectivity index (χ0) is 11.6. The predicted octanol–water partition coefficient (Wildman–Crippen LogP) is 0.395. The van der Waals surface area contributed by atoms with E-state index in [1.54, 1.807) is 12.1 Å². The smallest absolute Gasteiger partial charge is 0.249 e. The molecule has 0 spiro atoms. The molecule has 1 saturated carbocycles. The van der Waals surface area contributed by atoms with Gasteiger partial charge in [0.2, 0.25) is 11.8 Å². The molecule has 0 radical (unpaired) electrons. The summed E-state index contributed by atoms with van der Waals surface area (Å²) < 4.78 is 0. The summed E-state index contributed by atoms with van der Waals surface area (Å²) in [4.78, 5) is 23.3. The summed E-state index contributed by atoms with van der Waals surface area (Å²) in [6, 6.07) is 9.04. The van der Waals surface area contributed by atoms with Gasteiger partial charge in [-0.1, -0.05) is 18.2 Å². The van der Waals surface area contributed by atoms with Crippen LogP contribution in [0.5, 0.6) is 0 Å². The number of hydrazine groups is 1. The lowest BCUT2D eigenvalue weighted by Gasteiger charge is -2.13. The molecule has 1 aromatic rings. The molecule has 0 aromatic heterocycles. The maximum Gasteiger partial charge on any atom is 0.249 e. The van der Waals surface area contributed by atoms with E-state index in [0.29, 0.717) is 18.5 Å². The van der Waals surface area contributed by atoms with Crippen LogP contribution in [-0.2, 0) is 9.59 Å². The van der Waals surface area contributed by atoms with Gasteiger partial charge >= 0.3 is 0 Å². The SMILES string of the molecule is NNC(=O)C1(C(=O)Nc2ccccc2)CC1. The van der Waals surface area contributed by atoms with Crippen LogP contribution in [0.3, 0.4) is 0 Å². The van der Waals surface area contributed by atoms with Crippen LogP contribution < -0.4 is 16.6 Å². The van der Waals surface area contributed by atoms with E-state index in [1.165, 1.54) is 0 Å². The molecule has 0 saturated heterocycles. The van der Waals surface area contributed by atoms with Crippen LogP contribution in [0.1, 0.15) is 12.8 Å². The molecule has 1 aromatic carbocycles. The number of carbonyl (C=O) groups is 2. The first-order chi connectivity index (χ1) is 7.69. The van der Waals surface area contributed by atoms with Gasteiger partial charge in [-0.2, -0.15) is 0 Å². The molecule has 1 fully saturated rings. The molecule has 4 N–H and O–H groups in total. The van der Waals surface area contributed by atoms with Gasteiger partial charge in [0.15, 0.2) is 0 Å². The van der Waals surface area contributed by atoms with Crippen LogP contribution in [0.4, 0.5) is 5.69 Å². The average molecular weight is 219 g/mol. The highest BCUT2D eigenvalue weighted by molar-refractivity contribution is 6.12. The zero-order valence-electron chi connectivity index (χ0n) is 8.69. The Morgan fingerprint density at radius 1 is 1.12 bits per heavy atom. The van der Waals surface area contributed by atoms with Gasteiger partial charge in [-0.25, -0.2) is 5.84 Å². The summed E-state index contributed by atoms with van der Waals surface area (Å²) in [6.45, 7) is 0. The minimum atomic E-state index is -0.954. The molecule has 0 atom stereocenters. The van der Waals surface area contributed by atoms with E-state index in [0.717, 1.165) is 0 Å². The second-order valence-corrected chi connectivity index (χ2v) is 3.88. The highest BCUT2D eigenvalue weighted by Crippen LogP contribution is 2.46.